The molecule has 1 aliphatic heterocycles. The van der Waals surface area contributed by atoms with Gasteiger partial charge in [0, 0.05) is 69.0 Å². The summed E-state index contributed by atoms with van der Waals surface area (Å²) in [5.74, 6) is 4.15. The fraction of sp³-hybridized carbons (Fsp3) is 0.484. The third kappa shape index (κ3) is 7.58. The molecule has 13 nitrogen and oxygen atoms in total. The maximum Gasteiger partial charge on any atom is 0.225 e. The van der Waals surface area contributed by atoms with Crippen LogP contribution >= 0.6 is 0 Å². The number of hydrogen-bond acceptors (Lipinski definition) is 12. The number of benzene rings is 2. The molecule has 3 N–H and O–H groups in total. The molecule has 1 fully saturated rings. The van der Waals surface area contributed by atoms with E-state index in [0.717, 1.165) is 61.5 Å². The number of H-pyrrole nitrogens is 1. The lowest BCUT2D eigenvalue weighted by Gasteiger charge is -2.34. The minimum absolute atomic E-state index is 0.250. The van der Waals surface area contributed by atoms with Crippen LogP contribution in [0.15, 0.2) is 36.7 Å². The van der Waals surface area contributed by atoms with Crippen molar-refractivity contribution in [2.75, 3.05) is 84.2 Å². The smallest absolute Gasteiger partial charge is 0.225 e. The van der Waals surface area contributed by atoms with Gasteiger partial charge in [0.05, 0.1) is 26.3 Å². The molecule has 3 heterocycles. The van der Waals surface area contributed by atoms with Gasteiger partial charge >= 0.3 is 0 Å². The first-order chi connectivity index (χ1) is 21.3. The number of likely N-dealkylation sites (N-methyl/N-ethyl adjacent to an activating group) is 1. The number of likely N-dealkylation sites (tertiary alicyclic amines) is 1. The Morgan fingerprint density at radius 2 is 1.77 bits per heavy atom. The molecule has 1 saturated heterocycles. The predicted octanol–water partition coefficient (Wildman–Crippen LogP) is 3.46. The molecular weight excluding hydrogens is 560 g/mol. The molecule has 0 saturated carbocycles. The zero-order chi connectivity index (χ0) is 31.1. The van der Waals surface area contributed by atoms with Crippen molar-refractivity contribution in [1.82, 2.24) is 34.9 Å². The zero-order valence-corrected chi connectivity index (χ0v) is 26.6. The topological polar surface area (TPSA) is 129 Å². The van der Waals surface area contributed by atoms with E-state index in [2.05, 4.69) is 86.9 Å². The summed E-state index contributed by atoms with van der Waals surface area (Å²) in [6.07, 6.45) is 3.42. The third-order valence-electron chi connectivity index (χ3n) is 7.78. The molecule has 44 heavy (non-hydrogen) atoms. The van der Waals surface area contributed by atoms with Crippen molar-refractivity contribution in [2.45, 2.75) is 32.0 Å². The van der Waals surface area contributed by atoms with Gasteiger partial charge < -0.3 is 34.6 Å². The summed E-state index contributed by atoms with van der Waals surface area (Å²) in [5.41, 5.74) is 3.17. The maximum atomic E-state index is 6.26. The minimum Gasteiger partial charge on any atom is -0.493 e. The highest BCUT2D eigenvalue weighted by molar-refractivity contribution is 5.92. The fourth-order valence-corrected chi connectivity index (χ4v) is 5.38. The van der Waals surface area contributed by atoms with Crippen LogP contribution in [-0.4, -0.2) is 110 Å². The lowest BCUT2D eigenvalue weighted by atomic mass is 10.0. The lowest BCUT2D eigenvalue weighted by molar-refractivity contribution is 0.205. The molecule has 0 amide bonds. The average molecular weight is 605 g/mol. The Bertz CT molecular complexity index is 1500. The Balaban J connectivity index is 1.31. The van der Waals surface area contributed by atoms with Crippen LogP contribution in [0.2, 0.25) is 0 Å². The van der Waals surface area contributed by atoms with Gasteiger partial charge in [0.15, 0.2) is 11.5 Å². The predicted molar refractivity (Wildman–Crippen MR) is 173 cm³/mol. The third-order valence-corrected chi connectivity index (χ3v) is 7.78. The number of nitrogens with zero attached hydrogens (tertiary/aromatic N) is 7. The Hall–Kier alpha value is -4.36. The summed E-state index contributed by atoms with van der Waals surface area (Å²) in [6, 6.07) is 10.4. The largest absolute Gasteiger partial charge is 0.493 e. The zero-order valence-electron chi connectivity index (χ0n) is 26.6. The van der Waals surface area contributed by atoms with E-state index in [4.69, 9.17) is 24.2 Å². The number of fused-ring (bicyclic) bond motifs is 1. The maximum absolute atomic E-state index is 6.26. The summed E-state index contributed by atoms with van der Waals surface area (Å²) in [7, 11) is 11.6. The Morgan fingerprint density at radius 3 is 2.45 bits per heavy atom. The summed E-state index contributed by atoms with van der Waals surface area (Å²) in [4.78, 5) is 20.6. The van der Waals surface area contributed by atoms with Gasteiger partial charge in [0.1, 0.15) is 30.3 Å². The molecule has 2 aromatic carbocycles. The number of anilines is 3. The van der Waals surface area contributed by atoms with Gasteiger partial charge in [-0.3, -0.25) is 10.00 Å². The van der Waals surface area contributed by atoms with Crippen LogP contribution in [0.3, 0.4) is 0 Å². The molecular formula is C31H44N10O3. The normalized spacial score (nSPS) is 14.2. The number of aromatic nitrogens is 5. The van der Waals surface area contributed by atoms with Gasteiger partial charge in [-0.15, -0.1) is 0 Å². The fourth-order valence-electron chi connectivity index (χ4n) is 5.38. The lowest BCUT2D eigenvalue weighted by Crippen LogP contribution is -2.39. The van der Waals surface area contributed by atoms with Crippen LogP contribution in [0.1, 0.15) is 24.2 Å². The number of methoxy groups -OCH3 is 2. The Morgan fingerprint density at radius 1 is 1.00 bits per heavy atom. The molecule has 0 atom stereocenters. The number of ether oxygens (including phenoxy) is 3. The second-order valence-corrected chi connectivity index (χ2v) is 11.4. The second kappa shape index (κ2) is 14.4. The monoisotopic (exact) mass is 604 g/mol. The summed E-state index contributed by atoms with van der Waals surface area (Å²) < 4.78 is 17.4. The standard InChI is InChI=1S/C31H44N10O3/c1-39(2)14-15-44-26-9-7-8-25(40(3)4)23(26)19-41-12-10-21(11-13-41)35-30-22-16-27(42-5)28(43-6)17-24(22)36-31(37-30)32-18-29-33-20-34-38-29/h7-9,16-17,20-21H,10-15,18-19H2,1-6H3,(H,33,34,38)(H2,32,35,36,37). The van der Waals surface area contributed by atoms with Crippen LogP contribution in [0.25, 0.3) is 10.9 Å². The number of piperidine rings is 1. The molecule has 13 heteroatoms. The molecule has 0 aliphatic carbocycles. The van der Waals surface area contributed by atoms with Crippen molar-refractivity contribution in [3.8, 4) is 17.2 Å². The number of nitrogens with one attached hydrogen (secondary N) is 3. The van der Waals surface area contributed by atoms with Crippen molar-refractivity contribution < 1.29 is 14.2 Å². The molecule has 0 spiro atoms. The van der Waals surface area contributed by atoms with Gasteiger partial charge in [-0.1, -0.05) is 6.07 Å². The molecule has 0 radical (unpaired) electrons. The van der Waals surface area contributed by atoms with E-state index in [9.17, 15) is 0 Å². The summed E-state index contributed by atoms with van der Waals surface area (Å²) >= 11 is 0. The molecule has 4 aromatic rings. The van der Waals surface area contributed by atoms with Gasteiger partial charge in [-0.2, -0.15) is 10.1 Å². The van der Waals surface area contributed by atoms with Crippen molar-refractivity contribution in [1.29, 1.82) is 0 Å². The van der Waals surface area contributed by atoms with Gasteiger partial charge in [-0.25, -0.2) is 9.97 Å². The molecule has 236 valence electrons. The first kappa shape index (κ1) is 31.1. The van der Waals surface area contributed by atoms with E-state index in [1.165, 1.54) is 17.6 Å². The van der Waals surface area contributed by atoms with Crippen LogP contribution < -0.4 is 29.7 Å². The average Bonchev–Trinajstić information content (AvgIpc) is 3.54. The second-order valence-electron chi connectivity index (χ2n) is 11.4. The van der Waals surface area contributed by atoms with Crippen molar-refractivity contribution >= 4 is 28.4 Å². The number of hydrogen-bond donors (Lipinski definition) is 3. The van der Waals surface area contributed by atoms with Crippen LogP contribution in [0.4, 0.5) is 17.5 Å². The highest BCUT2D eigenvalue weighted by Crippen LogP contribution is 2.36. The molecule has 1 aliphatic rings. The van der Waals surface area contributed by atoms with E-state index < -0.39 is 0 Å². The van der Waals surface area contributed by atoms with Gasteiger partial charge in [0.2, 0.25) is 5.95 Å². The van der Waals surface area contributed by atoms with Crippen molar-refractivity contribution in [3.63, 3.8) is 0 Å². The van der Waals surface area contributed by atoms with Gasteiger partial charge in [-0.05, 0) is 45.1 Å². The number of aromatic amines is 1. The van der Waals surface area contributed by atoms with E-state index in [1.807, 2.05) is 12.1 Å². The highest BCUT2D eigenvalue weighted by atomic mass is 16.5. The van der Waals surface area contributed by atoms with Crippen molar-refractivity contribution in [3.05, 3.63) is 48.0 Å². The summed E-state index contributed by atoms with van der Waals surface area (Å²) in [6.45, 7) is 4.69. The Kier molecular flexibility index (Phi) is 10.2. The summed E-state index contributed by atoms with van der Waals surface area (Å²) in [5, 5.41) is 14.6. The molecule has 5 rings (SSSR count). The van der Waals surface area contributed by atoms with E-state index in [1.54, 1.807) is 14.2 Å². The van der Waals surface area contributed by atoms with E-state index >= 15 is 0 Å². The van der Waals surface area contributed by atoms with Crippen LogP contribution in [-0.2, 0) is 13.1 Å². The SMILES string of the molecule is COc1cc2nc(NCc3ncn[nH]3)nc(NC3CCN(Cc4c(OCCN(C)C)cccc4N(C)C)CC3)c2cc1OC. The first-order valence-electron chi connectivity index (χ1n) is 14.9. The van der Waals surface area contributed by atoms with Crippen molar-refractivity contribution in [2.24, 2.45) is 0 Å². The van der Waals surface area contributed by atoms with Gasteiger partial charge in [0.25, 0.3) is 0 Å². The van der Waals surface area contributed by atoms with E-state index in [0.29, 0.717) is 36.4 Å². The molecule has 0 unspecified atom stereocenters. The quantitative estimate of drug-likeness (QED) is 0.195. The minimum atomic E-state index is 0.250. The Labute approximate surface area is 258 Å². The van der Waals surface area contributed by atoms with E-state index in [-0.39, 0.29) is 6.04 Å². The first-order valence-corrected chi connectivity index (χ1v) is 14.9. The van der Waals surface area contributed by atoms with Crippen LogP contribution in [0.5, 0.6) is 17.2 Å². The molecule has 2 aromatic heterocycles. The van der Waals surface area contributed by atoms with Crippen LogP contribution in [0, 0.1) is 0 Å². The number of rotatable bonds is 14. The highest BCUT2D eigenvalue weighted by Gasteiger charge is 2.24. The molecule has 0 bridgehead atoms.